The Hall–Kier alpha value is -3.02. The van der Waals surface area contributed by atoms with E-state index in [2.05, 4.69) is 5.32 Å². The molecule has 2 rings (SSSR count). The van der Waals surface area contributed by atoms with E-state index in [0.29, 0.717) is 12.3 Å². The molecule has 0 bridgehead atoms. The molecule has 0 radical (unpaired) electrons. The number of carbonyl (C=O) groups is 2. The molecule has 0 spiro atoms. The molecule has 0 heterocycles. The number of rotatable bonds is 8. The fraction of sp³-hybridized carbons (Fsp3) is 0.417. The second-order valence-corrected chi connectivity index (χ2v) is 8.39. The van der Waals surface area contributed by atoms with Gasteiger partial charge in [0.25, 0.3) is 5.91 Å². The summed E-state index contributed by atoms with van der Waals surface area (Å²) in [5.41, 5.74) is 1.62. The van der Waals surface area contributed by atoms with Crippen LogP contribution in [-0.2, 0) is 16.1 Å². The van der Waals surface area contributed by atoms with E-state index in [1.807, 2.05) is 76.2 Å². The number of ether oxygens (including phenoxy) is 2. The number of amides is 2. The molecule has 0 saturated heterocycles. The summed E-state index contributed by atoms with van der Waals surface area (Å²) in [6, 6.07) is 14.3. The standard InChI is InChI=1S/C24H32N2O4/c1-17-7-11-21(12-8-17)30-16-22(27)26(18(2)23(28)25-24(3,4)5)15-19-9-13-20(29-6)14-10-19/h7-14,18H,15-16H2,1-6H3,(H,25,28)/t18-/m0/s1. The van der Waals surface area contributed by atoms with E-state index in [-0.39, 0.29) is 18.4 Å². The van der Waals surface area contributed by atoms with Crippen LogP contribution in [0.2, 0.25) is 0 Å². The number of nitrogens with zero attached hydrogens (tertiary/aromatic N) is 1. The topological polar surface area (TPSA) is 67.9 Å². The lowest BCUT2D eigenvalue weighted by atomic mass is 10.1. The van der Waals surface area contributed by atoms with Gasteiger partial charge in [-0.1, -0.05) is 29.8 Å². The smallest absolute Gasteiger partial charge is 0.261 e. The molecule has 6 heteroatoms. The van der Waals surface area contributed by atoms with Gasteiger partial charge in [-0.3, -0.25) is 9.59 Å². The van der Waals surface area contributed by atoms with Crippen LogP contribution >= 0.6 is 0 Å². The van der Waals surface area contributed by atoms with E-state index >= 15 is 0 Å². The molecular weight excluding hydrogens is 380 g/mol. The van der Waals surface area contributed by atoms with Crippen molar-refractivity contribution in [2.24, 2.45) is 0 Å². The van der Waals surface area contributed by atoms with Crippen molar-refractivity contribution in [3.05, 3.63) is 59.7 Å². The number of nitrogens with one attached hydrogen (secondary N) is 1. The summed E-state index contributed by atoms with van der Waals surface area (Å²) in [6.45, 7) is 9.59. The Morgan fingerprint density at radius 3 is 2.10 bits per heavy atom. The van der Waals surface area contributed by atoms with Crippen molar-refractivity contribution in [1.29, 1.82) is 0 Å². The number of methoxy groups -OCH3 is 1. The molecule has 6 nitrogen and oxygen atoms in total. The first-order valence-corrected chi connectivity index (χ1v) is 10.0. The Bertz CT molecular complexity index is 839. The summed E-state index contributed by atoms with van der Waals surface area (Å²) in [5, 5.41) is 2.94. The first-order chi connectivity index (χ1) is 14.1. The average molecular weight is 413 g/mol. The van der Waals surface area contributed by atoms with Crippen LogP contribution in [-0.4, -0.2) is 42.0 Å². The lowest BCUT2D eigenvalue weighted by molar-refractivity contribution is -0.142. The van der Waals surface area contributed by atoms with Gasteiger partial charge in [-0.15, -0.1) is 0 Å². The van der Waals surface area contributed by atoms with Crippen LogP contribution < -0.4 is 14.8 Å². The molecule has 162 valence electrons. The molecule has 30 heavy (non-hydrogen) atoms. The van der Waals surface area contributed by atoms with Crippen molar-refractivity contribution in [1.82, 2.24) is 10.2 Å². The van der Waals surface area contributed by atoms with Crippen molar-refractivity contribution in [3.8, 4) is 11.5 Å². The Kier molecular flexibility index (Phi) is 7.86. The number of hydrogen-bond donors (Lipinski definition) is 1. The Balaban J connectivity index is 2.16. The van der Waals surface area contributed by atoms with Crippen LogP contribution in [0.25, 0.3) is 0 Å². The molecule has 0 unspecified atom stereocenters. The fourth-order valence-electron chi connectivity index (χ4n) is 2.85. The Labute approximate surface area is 179 Å². The maximum Gasteiger partial charge on any atom is 0.261 e. The monoisotopic (exact) mass is 412 g/mol. The molecule has 0 aliphatic heterocycles. The number of benzene rings is 2. The lowest BCUT2D eigenvalue weighted by Crippen LogP contribution is -2.53. The van der Waals surface area contributed by atoms with Gasteiger partial charge in [0.15, 0.2) is 6.61 Å². The Morgan fingerprint density at radius 2 is 1.57 bits per heavy atom. The minimum absolute atomic E-state index is 0.146. The quantitative estimate of drug-likeness (QED) is 0.718. The van der Waals surface area contributed by atoms with E-state index < -0.39 is 11.6 Å². The molecule has 0 aromatic heterocycles. The van der Waals surface area contributed by atoms with Crippen LogP contribution in [0.3, 0.4) is 0 Å². The molecule has 0 fully saturated rings. The summed E-state index contributed by atoms with van der Waals surface area (Å²) in [7, 11) is 1.60. The zero-order valence-corrected chi connectivity index (χ0v) is 18.7. The van der Waals surface area contributed by atoms with Crippen molar-refractivity contribution in [3.63, 3.8) is 0 Å². The van der Waals surface area contributed by atoms with Crippen LogP contribution in [0, 0.1) is 6.92 Å². The first-order valence-electron chi connectivity index (χ1n) is 10.0. The SMILES string of the molecule is COc1ccc(CN(C(=O)COc2ccc(C)cc2)[C@@H](C)C(=O)NC(C)(C)C)cc1. The predicted octanol–water partition coefficient (Wildman–Crippen LogP) is 3.71. The van der Waals surface area contributed by atoms with Gasteiger partial charge in [0, 0.05) is 12.1 Å². The molecule has 2 aromatic carbocycles. The van der Waals surface area contributed by atoms with Crippen molar-refractivity contribution in [2.75, 3.05) is 13.7 Å². The maximum absolute atomic E-state index is 13.0. The van der Waals surface area contributed by atoms with Gasteiger partial charge in [0.05, 0.1) is 7.11 Å². The van der Waals surface area contributed by atoms with Crippen LogP contribution in [0.1, 0.15) is 38.8 Å². The molecule has 0 aliphatic carbocycles. The fourth-order valence-corrected chi connectivity index (χ4v) is 2.85. The van der Waals surface area contributed by atoms with Gasteiger partial charge in [-0.05, 0) is 64.4 Å². The summed E-state index contributed by atoms with van der Waals surface area (Å²) in [5.74, 6) is 0.880. The minimum Gasteiger partial charge on any atom is -0.497 e. The molecule has 2 aromatic rings. The number of carbonyl (C=O) groups excluding carboxylic acids is 2. The molecule has 1 atom stereocenters. The van der Waals surface area contributed by atoms with Gasteiger partial charge < -0.3 is 19.7 Å². The molecule has 0 saturated carbocycles. The highest BCUT2D eigenvalue weighted by atomic mass is 16.5. The summed E-state index contributed by atoms with van der Waals surface area (Å²) in [4.78, 5) is 27.3. The number of hydrogen-bond acceptors (Lipinski definition) is 4. The Morgan fingerprint density at radius 1 is 1.00 bits per heavy atom. The average Bonchev–Trinajstić information content (AvgIpc) is 2.70. The summed E-state index contributed by atoms with van der Waals surface area (Å²) < 4.78 is 10.9. The molecule has 2 amide bonds. The predicted molar refractivity (Wildman–Crippen MR) is 118 cm³/mol. The third-order valence-corrected chi connectivity index (χ3v) is 4.56. The van der Waals surface area contributed by atoms with Crippen molar-refractivity contribution >= 4 is 11.8 Å². The number of aryl methyl sites for hydroxylation is 1. The van der Waals surface area contributed by atoms with E-state index in [1.165, 1.54) is 4.90 Å². The first kappa shape index (κ1) is 23.3. The highest BCUT2D eigenvalue weighted by Crippen LogP contribution is 2.16. The summed E-state index contributed by atoms with van der Waals surface area (Å²) >= 11 is 0. The van der Waals surface area contributed by atoms with Crippen LogP contribution in [0.5, 0.6) is 11.5 Å². The summed E-state index contributed by atoms with van der Waals surface area (Å²) in [6.07, 6.45) is 0. The van der Waals surface area contributed by atoms with Crippen molar-refractivity contribution in [2.45, 2.75) is 52.7 Å². The lowest BCUT2D eigenvalue weighted by Gasteiger charge is -2.31. The molecule has 0 aliphatic rings. The highest BCUT2D eigenvalue weighted by Gasteiger charge is 2.28. The van der Waals surface area contributed by atoms with Gasteiger partial charge >= 0.3 is 0 Å². The van der Waals surface area contributed by atoms with Crippen LogP contribution in [0.4, 0.5) is 0 Å². The minimum atomic E-state index is -0.652. The molecular formula is C24H32N2O4. The zero-order valence-electron chi connectivity index (χ0n) is 18.7. The van der Waals surface area contributed by atoms with Crippen molar-refractivity contribution < 1.29 is 19.1 Å². The van der Waals surface area contributed by atoms with E-state index in [9.17, 15) is 9.59 Å². The third-order valence-electron chi connectivity index (χ3n) is 4.56. The van der Waals surface area contributed by atoms with Crippen LogP contribution in [0.15, 0.2) is 48.5 Å². The third kappa shape index (κ3) is 7.10. The second kappa shape index (κ2) is 10.1. The second-order valence-electron chi connectivity index (χ2n) is 8.39. The van der Waals surface area contributed by atoms with E-state index in [0.717, 1.165) is 16.9 Å². The van der Waals surface area contributed by atoms with Gasteiger partial charge in [0.1, 0.15) is 17.5 Å². The normalized spacial score (nSPS) is 12.1. The zero-order chi connectivity index (χ0) is 22.3. The largest absolute Gasteiger partial charge is 0.497 e. The van der Waals surface area contributed by atoms with Gasteiger partial charge in [-0.25, -0.2) is 0 Å². The van der Waals surface area contributed by atoms with E-state index in [4.69, 9.17) is 9.47 Å². The highest BCUT2D eigenvalue weighted by molar-refractivity contribution is 5.88. The molecule has 1 N–H and O–H groups in total. The maximum atomic E-state index is 13.0. The van der Waals surface area contributed by atoms with E-state index in [1.54, 1.807) is 14.0 Å². The van der Waals surface area contributed by atoms with Gasteiger partial charge in [-0.2, -0.15) is 0 Å². The van der Waals surface area contributed by atoms with Gasteiger partial charge in [0.2, 0.25) is 5.91 Å².